The van der Waals surface area contributed by atoms with Crippen molar-refractivity contribution >= 4 is 35.6 Å². The minimum atomic E-state index is -0.215. The van der Waals surface area contributed by atoms with Gasteiger partial charge in [-0.1, -0.05) is 0 Å². The molecule has 128 valence electrons. The normalized spacial score (nSPS) is 15.1. The van der Waals surface area contributed by atoms with E-state index in [0.717, 1.165) is 37.6 Å². The van der Waals surface area contributed by atoms with Gasteiger partial charge in [0.1, 0.15) is 5.82 Å². The minimum Gasteiger partial charge on any atom is -0.370 e. The molecule has 2 N–H and O–H groups in total. The molecule has 2 aromatic rings. The average Bonchev–Trinajstić information content (AvgIpc) is 2.61. The summed E-state index contributed by atoms with van der Waals surface area (Å²) in [6, 6.07) is 10.3. The Kier molecular flexibility index (Phi) is 6.71. The number of hydrogen-bond acceptors (Lipinski definition) is 4. The molecule has 0 bridgehead atoms. The molecule has 1 fully saturated rings. The zero-order valence-electron chi connectivity index (χ0n) is 13.2. The van der Waals surface area contributed by atoms with Gasteiger partial charge in [-0.2, -0.15) is 10.2 Å². The first-order valence-electron chi connectivity index (χ1n) is 7.54. The molecule has 1 aromatic carbocycles. The van der Waals surface area contributed by atoms with E-state index in [-0.39, 0.29) is 29.8 Å². The van der Waals surface area contributed by atoms with Gasteiger partial charge >= 0.3 is 0 Å². The number of anilines is 1. The Morgan fingerprint density at radius 3 is 2.46 bits per heavy atom. The van der Waals surface area contributed by atoms with Gasteiger partial charge in [0.2, 0.25) is 0 Å². The molecule has 0 spiro atoms. The number of piperazine rings is 1. The van der Waals surface area contributed by atoms with Crippen LogP contribution in [0.25, 0.3) is 0 Å². The molecule has 1 saturated heterocycles. The van der Waals surface area contributed by atoms with E-state index in [1.54, 1.807) is 18.3 Å². The highest BCUT2D eigenvalue weighted by Gasteiger charge is 2.18. The third kappa shape index (κ3) is 4.76. The second kappa shape index (κ2) is 8.76. The van der Waals surface area contributed by atoms with E-state index < -0.39 is 0 Å². The van der Waals surface area contributed by atoms with Crippen molar-refractivity contribution in [3.8, 4) is 0 Å². The summed E-state index contributed by atoms with van der Waals surface area (Å²) in [6.45, 7) is 3.65. The highest BCUT2D eigenvalue weighted by atomic mass is 127. The fourth-order valence-corrected chi connectivity index (χ4v) is 2.53. The summed E-state index contributed by atoms with van der Waals surface area (Å²) in [5.41, 5.74) is 7.88. The van der Waals surface area contributed by atoms with Gasteiger partial charge in [0.05, 0.1) is 12.2 Å². The van der Waals surface area contributed by atoms with Gasteiger partial charge in [0.15, 0.2) is 5.96 Å². The lowest BCUT2D eigenvalue weighted by molar-refractivity contribution is 0.380. The van der Waals surface area contributed by atoms with Crippen LogP contribution in [0.5, 0.6) is 0 Å². The lowest BCUT2D eigenvalue weighted by Crippen LogP contribution is -2.51. The van der Waals surface area contributed by atoms with Crippen LogP contribution in [0.1, 0.15) is 5.69 Å². The lowest BCUT2D eigenvalue weighted by Gasteiger charge is -2.36. The van der Waals surface area contributed by atoms with Crippen LogP contribution in [0.3, 0.4) is 0 Å². The molecule has 8 heteroatoms. The van der Waals surface area contributed by atoms with Gasteiger partial charge < -0.3 is 15.5 Å². The van der Waals surface area contributed by atoms with Crippen molar-refractivity contribution in [2.24, 2.45) is 10.7 Å². The fourth-order valence-electron chi connectivity index (χ4n) is 2.53. The molecule has 2 heterocycles. The summed E-state index contributed by atoms with van der Waals surface area (Å²) in [5, 5.41) is 7.80. The maximum atomic E-state index is 13.0. The van der Waals surface area contributed by atoms with Crippen LogP contribution in [0.4, 0.5) is 10.1 Å². The van der Waals surface area contributed by atoms with Crippen molar-refractivity contribution in [2.75, 3.05) is 31.1 Å². The summed E-state index contributed by atoms with van der Waals surface area (Å²) < 4.78 is 13.0. The van der Waals surface area contributed by atoms with E-state index in [9.17, 15) is 4.39 Å². The molecule has 24 heavy (non-hydrogen) atoms. The quantitative estimate of drug-likeness (QED) is 0.447. The zero-order valence-corrected chi connectivity index (χ0v) is 15.5. The van der Waals surface area contributed by atoms with Crippen LogP contribution in [0.2, 0.25) is 0 Å². The Labute approximate surface area is 157 Å². The second-order valence-electron chi connectivity index (χ2n) is 5.34. The van der Waals surface area contributed by atoms with Crippen LogP contribution in [-0.4, -0.2) is 47.2 Å². The highest BCUT2D eigenvalue weighted by Crippen LogP contribution is 2.16. The fraction of sp³-hybridized carbons (Fsp3) is 0.312. The molecule has 1 aromatic heterocycles. The maximum Gasteiger partial charge on any atom is 0.191 e. The van der Waals surface area contributed by atoms with Gasteiger partial charge in [-0.05, 0) is 36.4 Å². The van der Waals surface area contributed by atoms with Crippen LogP contribution in [0.15, 0.2) is 47.6 Å². The lowest BCUT2D eigenvalue weighted by atomic mass is 10.2. The molecule has 0 unspecified atom stereocenters. The average molecular weight is 442 g/mol. The second-order valence-corrected chi connectivity index (χ2v) is 5.34. The standard InChI is InChI=1S/C16H19FN6.HI/c17-13-3-5-15(6-4-13)22-8-10-23(11-9-22)16(18)19-12-14-2-1-7-20-21-14;/h1-7H,8-12H2,(H2,18,19);1H. The summed E-state index contributed by atoms with van der Waals surface area (Å²) in [7, 11) is 0. The molecule has 1 aliphatic heterocycles. The van der Waals surface area contributed by atoms with E-state index in [1.807, 2.05) is 12.1 Å². The first-order valence-corrected chi connectivity index (χ1v) is 7.54. The molecule has 0 amide bonds. The monoisotopic (exact) mass is 442 g/mol. The zero-order chi connectivity index (χ0) is 16.1. The predicted octanol–water partition coefficient (Wildman–Crippen LogP) is 1.87. The van der Waals surface area contributed by atoms with Crippen molar-refractivity contribution in [1.29, 1.82) is 0 Å². The number of hydrogen-bond donors (Lipinski definition) is 1. The Morgan fingerprint density at radius 2 is 1.83 bits per heavy atom. The Morgan fingerprint density at radius 1 is 1.12 bits per heavy atom. The molecule has 0 saturated carbocycles. The smallest absolute Gasteiger partial charge is 0.191 e. The van der Waals surface area contributed by atoms with Gasteiger partial charge in [0, 0.05) is 38.1 Å². The van der Waals surface area contributed by atoms with Gasteiger partial charge in [-0.25, -0.2) is 9.38 Å². The van der Waals surface area contributed by atoms with E-state index in [0.29, 0.717) is 12.5 Å². The minimum absolute atomic E-state index is 0. The summed E-state index contributed by atoms with van der Waals surface area (Å²) in [4.78, 5) is 8.64. The first kappa shape index (κ1) is 18.4. The number of rotatable bonds is 3. The van der Waals surface area contributed by atoms with E-state index in [1.165, 1.54) is 12.1 Å². The summed E-state index contributed by atoms with van der Waals surface area (Å²) >= 11 is 0. The van der Waals surface area contributed by atoms with Crippen LogP contribution < -0.4 is 10.6 Å². The number of benzene rings is 1. The first-order chi connectivity index (χ1) is 11.2. The number of guanidine groups is 1. The van der Waals surface area contributed by atoms with Crippen molar-refractivity contribution in [3.63, 3.8) is 0 Å². The van der Waals surface area contributed by atoms with Gasteiger partial charge in [-0.3, -0.25) is 0 Å². The SMILES string of the molecule is I.NC(=NCc1cccnn1)N1CCN(c2ccc(F)cc2)CC1. The number of nitrogens with two attached hydrogens (primary N) is 1. The van der Waals surface area contributed by atoms with E-state index in [4.69, 9.17) is 5.73 Å². The summed E-state index contributed by atoms with van der Waals surface area (Å²) in [6.07, 6.45) is 1.63. The van der Waals surface area contributed by atoms with Gasteiger partial charge in [0.25, 0.3) is 0 Å². The molecular formula is C16H20FIN6. The van der Waals surface area contributed by atoms with E-state index in [2.05, 4.69) is 25.0 Å². The Bertz CT molecular complexity index is 656. The Balaban J connectivity index is 0.00000208. The maximum absolute atomic E-state index is 13.0. The highest BCUT2D eigenvalue weighted by molar-refractivity contribution is 14.0. The van der Waals surface area contributed by atoms with Crippen molar-refractivity contribution < 1.29 is 4.39 Å². The number of halogens is 2. The molecule has 1 aliphatic rings. The number of aliphatic imine (C=N–C) groups is 1. The summed E-state index contributed by atoms with van der Waals surface area (Å²) in [5.74, 6) is 0.308. The van der Waals surface area contributed by atoms with Crippen molar-refractivity contribution in [1.82, 2.24) is 15.1 Å². The molecule has 0 atom stereocenters. The molecular weight excluding hydrogens is 422 g/mol. The van der Waals surface area contributed by atoms with Crippen LogP contribution >= 0.6 is 24.0 Å². The van der Waals surface area contributed by atoms with E-state index >= 15 is 0 Å². The third-order valence-corrected chi connectivity index (χ3v) is 3.83. The van der Waals surface area contributed by atoms with Gasteiger partial charge in [-0.15, -0.1) is 24.0 Å². The third-order valence-electron chi connectivity index (χ3n) is 3.83. The predicted molar refractivity (Wildman–Crippen MR) is 103 cm³/mol. The molecule has 6 nitrogen and oxygen atoms in total. The molecule has 0 aliphatic carbocycles. The van der Waals surface area contributed by atoms with Crippen LogP contribution in [0, 0.1) is 5.82 Å². The van der Waals surface area contributed by atoms with Crippen molar-refractivity contribution in [2.45, 2.75) is 6.54 Å². The molecule has 0 radical (unpaired) electrons. The number of nitrogens with zero attached hydrogens (tertiary/aromatic N) is 5. The van der Waals surface area contributed by atoms with Crippen molar-refractivity contribution in [3.05, 3.63) is 54.1 Å². The van der Waals surface area contributed by atoms with Crippen LogP contribution in [-0.2, 0) is 6.54 Å². The topological polar surface area (TPSA) is 70.6 Å². The Hall–Kier alpha value is -1.97. The molecule has 3 rings (SSSR count). The largest absolute Gasteiger partial charge is 0.370 e. The number of aromatic nitrogens is 2.